The minimum absolute atomic E-state index is 0.0440. The third-order valence-electron chi connectivity index (χ3n) is 5.79. The first-order valence-electron chi connectivity index (χ1n) is 11.1. The lowest BCUT2D eigenvalue weighted by atomic mass is 9.85. The van der Waals surface area contributed by atoms with E-state index in [4.69, 9.17) is 19.6 Å². The number of carbonyl (C=O) groups is 1. The maximum Gasteiger partial charge on any atom is 0.226 e. The third-order valence-corrected chi connectivity index (χ3v) is 6.78. The summed E-state index contributed by atoms with van der Waals surface area (Å²) >= 11 is 1.57. The fraction of sp³-hybridized carbons (Fsp3) is 0.320. The van der Waals surface area contributed by atoms with Gasteiger partial charge < -0.3 is 14.8 Å². The van der Waals surface area contributed by atoms with E-state index >= 15 is 0 Å². The van der Waals surface area contributed by atoms with E-state index in [1.807, 2.05) is 45.0 Å². The van der Waals surface area contributed by atoms with Gasteiger partial charge in [0.25, 0.3) is 0 Å². The number of anilines is 1. The second kappa shape index (κ2) is 8.51. The van der Waals surface area contributed by atoms with Crippen LogP contribution in [0, 0.1) is 13.8 Å². The highest BCUT2D eigenvalue weighted by Crippen LogP contribution is 2.43. The highest BCUT2D eigenvalue weighted by Gasteiger charge is 2.33. The molecule has 0 radical (unpaired) electrons. The molecule has 1 atom stereocenters. The highest BCUT2D eigenvalue weighted by atomic mass is 32.1. The molecule has 7 nitrogen and oxygen atoms in total. The Kier molecular flexibility index (Phi) is 5.54. The van der Waals surface area contributed by atoms with Gasteiger partial charge in [0.2, 0.25) is 11.0 Å². The molecule has 1 N–H and O–H groups in total. The minimum atomic E-state index is -0.131. The Morgan fingerprint density at radius 1 is 1.09 bits per heavy atom. The molecule has 0 saturated heterocycles. The summed E-state index contributed by atoms with van der Waals surface area (Å²) < 4.78 is 14.4. The van der Waals surface area contributed by atoms with Crippen molar-refractivity contribution in [3.05, 3.63) is 58.8 Å². The predicted octanol–water partition coefficient (Wildman–Crippen LogP) is 5.37. The number of aromatic nitrogens is 3. The standard InChI is InChI=1S/C25H26N4O3S/c1-5-31-19-10-8-16(12-20(19)32-6-2)17-13-22(30)27-24-23(17)15(4)28-29(24)25-26-18-9-7-14(3)11-21(18)33-25/h7-12,17H,5-6,13H2,1-4H3,(H,27,30). The van der Waals surface area contributed by atoms with Crippen molar-refractivity contribution in [3.8, 4) is 16.6 Å². The average molecular weight is 463 g/mol. The van der Waals surface area contributed by atoms with Gasteiger partial charge in [0.1, 0.15) is 5.82 Å². The van der Waals surface area contributed by atoms with E-state index in [9.17, 15) is 4.79 Å². The molecule has 0 fully saturated rings. The molecular formula is C25H26N4O3S. The number of aryl methyl sites for hydroxylation is 2. The van der Waals surface area contributed by atoms with Crippen LogP contribution in [0.4, 0.5) is 5.82 Å². The first kappa shape index (κ1) is 21.5. The summed E-state index contributed by atoms with van der Waals surface area (Å²) in [5.41, 5.74) is 4.99. The van der Waals surface area contributed by atoms with Crippen molar-refractivity contribution in [2.45, 2.75) is 40.0 Å². The number of hydrogen-bond donors (Lipinski definition) is 1. The van der Waals surface area contributed by atoms with Gasteiger partial charge in [0, 0.05) is 17.9 Å². The molecule has 0 saturated carbocycles. The Labute approximate surface area is 196 Å². The number of thiazole rings is 1. The van der Waals surface area contributed by atoms with Crippen LogP contribution in [0.15, 0.2) is 36.4 Å². The summed E-state index contributed by atoms with van der Waals surface area (Å²) in [6.07, 6.45) is 0.345. The van der Waals surface area contributed by atoms with Gasteiger partial charge in [-0.25, -0.2) is 4.98 Å². The monoisotopic (exact) mass is 462 g/mol. The van der Waals surface area contributed by atoms with Crippen molar-refractivity contribution in [2.24, 2.45) is 0 Å². The van der Waals surface area contributed by atoms with Crippen molar-refractivity contribution in [3.63, 3.8) is 0 Å². The number of amides is 1. The van der Waals surface area contributed by atoms with Crippen LogP contribution >= 0.6 is 11.3 Å². The van der Waals surface area contributed by atoms with Crippen LogP contribution in [0.3, 0.4) is 0 Å². The summed E-state index contributed by atoms with van der Waals surface area (Å²) in [5.74, 6) is 1.92. The molecule has 1 unspecified atom stereocenters. The average Bonchev–Trinajstić information content (AvgIpc) is 3.35. The molecule has 5 rings (SSSR count). The Morgan fingerprint density at radius 3 is 2.67 bits per heavy atom. The molecule has 33 heavy (non-hydrogen) atoms. The smallest absolute Gasteiger partial charge is 0.226 e. The van der Waals surface area contributed by atoms with E-state index in [-0.39, 0.29) is 11.8 Å². The first-order valence-corrected chi connectivity index (χ1v) is 12.0. The Balaban J connectivity index is 1.61. The topological polar surface area (TPSA) is 78.3 Å². The molecule has 170 valence electrons. The van der Waals surface area contributed by atoms with E-state index in [1.165, 1.54) is 5.56 Å². The zero-order chi connectivity index (χ0) is 23.1. The molecular weight excluding hydrogens is 436 g/mol. The lowest BCUT2D eigenvalue weighted by Gasteiger charge is -2.25. The Bertz CT molecular complexity index is 1360. The molecule has 3 heterocycles. The van der Waals surface area contributed by atoms with Crippen LogP contribution in [0.5, 0.6) is 11.5 Å². The molecule has 1 aliphatic heterocycles. The maximum absolute atomic E-state index is 12.8. The molecule has 0 aliphatic carbocycles. The van der Waals surface area contributed by atoms with Crippen molar-refractivity contribution >= 4 is 33.3 Å². The third kappa shape index (κ3) is 3.84. The van der Waals surface area contributed by atoms with E-state index in [1.54, 1.807) is 16.0 Å². The summed E-state index contributed by atoms with van der Waals surface area (Å²) in [7, 11) is 0. The summed E-state index contributed by atoms with van der Waals surface area (Å²) in [6.45, 7) is 9.04. The number of benzene rings is 2. The Hall–Kier alpha value is -3.39. The van der Waals surface area contributed by atoms with Crippen LogP contribution < -0.4 is 14.8 Å². The van der Waals surface area contributed by atoms with Crippen LogP contribution in [0.2, 0.25) is 0 Å². The van der Waals surface area contributed by atoms with Crippen molar-refractivity contribution < 1.29 is 14.3 Å². The molecule has 0 bridgehead atoms. The molecule has 4 aromatic rings. The van der Waals surface area contributed by atoms with Crippen LogP contribution in [-0.4, -0.2) is 33.9 Å². The van der Waals surface area contributed by atoms with E-state index in [0.717, 1.165) is 32.2 Å². The number of nitrogens with one attached hydrogen (secondary N) is 1. The summed E-state index contributed by atoms with van der Waals surface area (Å²) in [6, 6.07) is 12.1. The number of fused-ring (bicyclic) bond motifs is 2. The minimum Gasteiger partial charge on any atom is -0.490 e. The zero-order valence-electron chi connectivity index (χ0n) is 19.1. The SMILES string of the molecule is CCOc1ccc(C2CC(=O)Nc3c2c(C)nn3-c2nc3ccc(C)cc3s2)cc1OCC. The number of carbonyl (C=O) groups excluding carboxylic acids is 1. The lowest BCUT2D eigenvalue weighted by Crippen LogP contribution is -2.25. The quantitative estimate of drug-likeness (QED) is 0.417. The van der Waals surface area contributed by atoms with Gasteiger partial charge in [-0.2, -0.15) is 9.78 Å². The number of hydrogen-bond acceptors (Lipinski definition) is 6. The summed E-state index contributed by atoms with van der Waals surface area (Å²) in [5, 5.41) is 8.58. The number of nitrogens with zero attached hydrogens (tertiary/aromatic N) is 3. The van der Waals surface area contributed by atoms with Crippen molar-refractivity contribution in [2.75, 3.05) is 18.5 Å². The molecule has 2 aromatic heterocycles. The maximum atomic E-state index is 12.8. The fourth-order valence-electron chi connectivity index (χ4n) is 4.36. The van der Waals surface area contributed by atoms with Gasteiger partial charge in [-0.3, -0.25) is 4.79 Å². The van der Waals surface area contributed by atoms with Crippen molar-refractivity contribution in [1.82, 2.24) is 14.8 Å². The fourth-order valence-corrected chi connectivity index (χ4v) is 5.39. The molecule has 2 aromatic carbocycles. The van der Waals surface area contributed by atoms with Crippen LogP contribution in [0.25, 0.3) is 15.3 Å². The Morgan fingerprint density at radius 2 is 1.88 bits per heavy atom. The zero-order valence-corrected chi connectivity index (χ0v) is 20.0. The number of ether oxygens (including phenoxy) is 2. The highest BCUT2D eigenvalue weighted by molar-refractivity contribution is 7.20. The van der Waals surface area contributed by atoms with E-state index in [0.29, 0.717) is 37.0 Å². The molecule has 1 amide bonds. The largest absolute Gasteiger partial charge is 0.490 e. The van der Waals surface area contributed by atoms with E-state index in [2.05, 4.69) is 24.4 Å². The van der Waals surface area contributed by atoms with E-state index < -0.39 is 0 Å². The molecule has 8 heteroatoms. The van der Waals surface area contributed by atoms with Gasteiger partial charge in [-0.15, -0.1) is 0 Å². The molecule has 1 aliphatic rings. The van der Waals surface area contributed by atoms with Gasteiger partial charge >= 0.3 is 0 Å². The van der Waals surface area contributed by atoms with Gasteiger partial charge in [0.15, 0.2) is 11.5 Å². The van der Waals surface area contributed by atoms with Crippen LogP contribution in [0.1, 0.15) is 48.6 Å². The second-order valence-corrected chi connectivity index (χ2v) is 9.11. The van der Waals surface area contributed by atoms with Gasteiger partial charge in [0.05, 0.1) is 29.1 Å². The van der Waals surface area contributed by atoms with Crippen LogP contribution in [-0.2, 0) is 4.79 Å². The summed E-state index contributed by atoms with van der Waals surface area (Å²) in [4.78, 5) is 17.5. The normalized spacial score (nSPS) is 15.4. The number of rotatable bonds is 6. The molecule has 0 spiro atoms. The van der Waals surface area contributed by atoms with Gasteiger partial charge in [-0.05, 0) is 63.1 Å². The predicted molar refractivity (Wildman–Crippen MR) is 130 cm³/mol. The van der Waals surface area contributed by atoms with Gasteiger partial charge in [-0.1, -0.05) is 23.5 Å². The lowest BCUT2D eigenvalue weighted by molar-refractivity contribution is -0.116. The van der Waals surface area contributed by atoms with Crippen molar-refractivity contribution in [1.29, 1.82) is 0 Å². The first-order chi connectivity index (χ1) is 16.0. The second-order valence-electron chi connectivity index (χ2n) is 8.10.